The Morgan fingerprint density at radius 2 is 0.612 bits per heavy atom. The Morgan fingerprint density at radius 1 is 0.347 bits per heavy atom. The minimum atomic E-state index is -0.529. The van der Waals surface area contributed by atoms with Crippen LogP contribution in [-0.2, 0) is 14.3 Å². The maximum atomic E-state index is 13.2. The lowest BCUT2D eigenvalue weighted by molar-refractivity contribution is -0.152. The third-order valence-electron chi connectivity index (χ3n) is 10.8. The average Bonchev–Trinajstić information content (AvgIpc) is 3.10. The number of carbonyl (C=O) groups is 2. The van der Waals surface area contributed by atoms with Gasteiger partial charge in [0.15, 0.2) is 0 Å². The second kappa shape index (κ2) is 41.6. The number of esters is 1. The normalized spacial score (nSPS) is 12.1. The van der Waals surface area contributed by atoms with E-state index in [9.17, 15) is 9.59 Å². The van der Waals surface area contributed by atoms with Gasteiger partial charge >= 0.3 is 5.97 Å². The number of Topliss-reactive ketones (excluding diaryl/α,β-unsaturated/α-hetero) is 1. The molecule has 0 N–H and O–H groups in total. The van der Waals surface area contributed by atoms with E-state index < -0.39 is 5.92 Å². The molecule has 0 aliphatic carbocycles. The van der Waals surface area contributed by atoms with E-state index in [1.807, 2.05) is 0 Å². The molecule has 0 heterocycles. The van der Waals surface area contributed by atoms with Gasteiger partial charge in [0, 0.05) is 6.42 Å². The third kappa shape index (κ3) is 36.7. The fraction of sp³-hybridized carbons (Fsp3) is 0.957. The van der Waals surface area contributed by atoms with Gasteiger partial charge in [0.25, 0.3) is 0 Å². The molecular formula is C46H90O3. The number of hydrogen-bond acceptors (Lipinski definition) is 3. The molecule has 3 nitrogen and oxygen atoms in total. The van der Waals surface area contributed by atoms with Crippen LogP contribution in [0.1, 0.15) is 271 Å². The van der Waals surface area contributed by atoms with E-state index in [1.54, 1.807) is 0 Å². The van der Waals surface area contributed by atoms with Crippen molar-refractivity contribution in [3.05, 3.63) is 0 Å². The quantitative estimate of drug-likeness (QED) is 0.0364. The predicted molar refractivity (Wildman–Crippen MR) is 217 cm³/mol. The fourth-order valence-electron chi connectivity index (χ4n) is 7.31. The average molecular weight is 691 g/mol. The summed E-state index contributed by atoms with van der Waals surface area (Å²) in [7, 11) is 0. The van der Waals surface area contributed by atoms with Crippen LogP contribution in [0.2, 0.25) is 0 Å². The molecule has 0 aromatic heterocycles. The fourth-order valence-corrected chi connectivity index (χ4v) is 7.31. The summed E-state index contributed by atoms with van der Waals surface area (Å²) in [5, 5.41) is 0. The third-order valence-corrected chi connectivity index (χ3v) is 10.8. The molecule has 0 aliphatic heterocycles. The first-order chi connectivity index (χ1) is 24.2. The van der Waals surface area contributed by atoms with Crippen molar-refractivity contribution in [3.63, 3.8) is 0 Å². The summed E-state index contributed by atoms with van der Waals surface area (Å²) in [4.78, 5) is 26.3. The van der Waals surface area contributed by atoms with Crippen LogP contribution in [0.5, 0.6) is 0 Å². The van der Waals surface area contributed by atoms with E-state index in [2.05, 4.69) is 20.8 Å². The molecule has 0 radical (unpaired) electrons. The van der Waals surface area contributed by atoms with Crippen molar-refractivity contribution in [2.75, 3.05) is 6.61 Å². The van der Waals surface area contributed by atoms with Gasteiger partial charge in [-0.05, 0) is 19.3 Å². The minimum Gasteiger partial charge on any atom is -0.465 e. The smallest absolute Gasteiger partial charge is 0.316 e. The monoisotopic (exact) mass is 691 g/mol. The van der Waals surface area contributed by atoms with Gasteiger partial charge in [-0.15, -0.1) is 0 Å². The van der Waals surface area contributed by atoms with Crippen molar-refractivity contribution < 1.29 is 14.3 Å². The second-order valence-corrected chi connectivity index (χ2v) is 15.7. The molecule has 292 valence electrons. The van der Waals surface area contributed by atoms with Crippen LogP contribution in [0.25, 0.3) is 0 Å². The minimum absolute atomic E-state index is 0.142. The standard InChI is InChI=1S/C46H90O3/c1-4-7-10-13-16-19-22-23-24-25-26-28-31-34-37-40-43-49-46(48)44(41-38-35-32-29-21-18-15-12-9-6-3)45(47)42-39-36-33-30-27-20-17-14-11-8-5-2/h44H,4-43H2,1-3H3. The van der Waals surface area contributed by atoms with Gasteiger partial charge in [-0.25, -0.2) is 0 Å². The molecule has 0 spiro atoms. The van der Waals surface area contributed by atoms with Crippen molar-refractivity contribution in [3.8, 4) is 0 Å². The van der Waals surface area contributed by atoms with Crippen molar-refractivity contribution in [1.82, 2.24) is 0 Å². The van der Waals surface area contributed by atoms with Crippen molar-refractivity contribution >= 4 is 11.8 Å². The zero-order valence-corrected chi connectivity index (χ0v) is 34.1. The number of hydrogen-bond donors (Lipinski definition) is 0. The lowest BCUT2D eigenvalue weighted by atomic mass is 9.92. The molecule has 0 saturated carbocycles. The maximum Gasteiger partial charge on any atom is 0.316 e. The Kier molecular flexibility index (Phi) is 40.8. The Hall–Kier alpha value is -0.860. The van der Waals surface area contributed by atoms with Gasteiger partial charge in [-0.3, -0.25) is 9.59 Å². The van der Waals surface area contributed by atoms with Crippen LogP contribution in [0, 0.1) is 5.92 Å². The molecule has 0 aliphatic rings. The van der Waals surface area contributed by atoms with E-state index in [-0.39, 0.29) is 11.8 Å². The summed E-state index contributed by atoms with van der Waals surface area (Å²) in [5.74, 6) is -0.619. The van der Waals surface area contributed by atoms with Gasteiger partial charge in [0.2, 0.25) is 0 Å². The Morgan fingerprint density at radius 3 is 0.939 bits per heavy atom. The number of carbonyl (C=O) groups excluding carboxylic acids is 2. The molecule has 0 bridgehead atoms. The number of ether oxygens (including phenoxy) is 1. The highest BCUT2D eigenvalue weighted by Crippen LogP contribution is 2.20. The van der Waals surface area contributed by atoms with Crippen LogP contribution in [0.3, 0.4) is 0 Å². The van der Waals surface area contributed by atoms with Crippen LogP contribution in [0.4, 0.5) is 0 Å². The van der Waals surface area contributed by atoms with Crippen LogP contribution < -0.4 is 0 Å². The summed E-state index contributed by atoms with van der Waals surface area (Å²) in [6, 6.07) is 0. The van der Waals surface area contributed by atoms with Gasteiger partial charge in [-0.2, -0.15) is 0 Å². The molecule has 0 aromatic rings. The van der Waals surface area contributed by atoms with Crippen LogP contribution in [-0.4, -0.2) is 18.4 Å². The lowest BCUT2D eigenvalue weighted by Gasteiger charge is -2.15. The largest absolute Gasteiger partial charge is 0.465 e. The van der Waals surface area contributed by atoms with Crippen molar-refractivity contribution in [1.29, 1.82) is 0 Å². The molecule has 0 saturated heterocycles. The lowest BCUT2D eigenvalue weighted by Crippen LogP contribution is -2.26. The van der Waals surface area contributed by atoms with Crippen LogP contribution in [0.15, 0.2) is 0 Å². The van der Waals surface area contributed by atoms with E-state index in [0.29, 0.717) is 19.4 Å². The Labute approximate surface area is 309 Å². The summed E-state index contributed by atoms with van der Waals surface area (Å²) in [6.07, 6.45) is 49.4. The molecule has 0 amide bonds. The highest BCUT2D eigenvalue weighted by atomic mass is 16.5. The molecule has 1 atom stereocenters. The highest BCUT2D eigenvalue weighted by Gasteiger charge is 2.27. The number of ketones is 1. The maximum absolute atomic E-state index is 13.2. The summed E-state index contributed by atoms with van der Waals surface area (Å²) >= 11 is 0. The van der Waals surface area contributed by atoms with Crippen molar-refractivity contribution in [2.45, 2.75) is 271 Å². The molecule has 49 heavy (non-hydrogen) atoms. The topological polar surface area (TPSA) is 43.4 Å². The van der Waals surface area contributed by atoms with Gasteiger partial charge in [0.05, 0.1) is 6.61 Å². The molecule has 0 aromatic carbocycles. The Balaban J connectivity index is 4.13. The van der Waals surface area contributed by atoms with E-state index in [0.717, 1.165) is 38.5 Å². The molecule has 0 rings (SSSR count). The highest BCUT2D eigenvalue weighted by molar-refractivity contribution is 5.98. The zero-order valence-electron chi connectivity index (χ0n) is 34.1. The second-order valence-electron chi connectivity index (χ2n) is 15.7. The SMILES string of the molecule is CCCCCCCCCCCCCCCCCCOC(=O)C(CCCCCCCCCCCC)C(=O)CCCCCCCCCCCCC. The van der Waals surface area contributed by atoms with E-state index in [1.165, 1.54) is 199 Å². The molecule has 0 fully saturated rings. The number of rotatable bonds is 42. The van der Waals surface area contributed by atoms with Gasteiger partial charge in [-0.1, -0.05) is 245 Å². The zero-order chi connectivity index (χ0) is 35.7. The van der Waals surface area contributed by atoms with E-state index >= 15 is 0 Å². The molecular weight excluding hydrogens is 601 g/mol. The predicted octanol–water partition coefficient (Wildman–Crippen LogP) is 16.0. The van der Waals surface area contributed by atoms with E-state index in [4.69, 9.17) is 4.74 Å². The first-order valence-electron chi connectivity index (χ1n) is 22.9. The summed E-state index contributed by atoms with van der Waals surface area (Å²) in [5.41, 5.74) is 0. The summed E-state index contributed by atoms with van der Waals surface area (Å²) in [6.45, 7) is 7.32. The van der Waals surface area contributed by atoms with Crippen LogP contribution >= 0.6 is 0 Å². The van der Waals surface area contributed by atoms with Gasteiger partial charge < -0.3 is 4.74 Å². The van der Waals surface area contributed by atoms with Gasteiger partial charge in [0.1, 0.15) is 11.7 Å². The first kappa shape index (κ1) is 48.1. The first-order valence-corrected chi connectivity index (χ1v) is 22.9. The Bertz CT molecular complexity index is 659. The summed E-state index contributed by atoms with van der Waals surface area (Å²) < 4.78 is 5.73. The number of unbranched alkanes of at least 4 members (excludes halogenated alkanes) is 34. The molecule has 3 heteroatoms. The van der Waals surface area contributed by atoms with Crippen molar-refractivity contribution in [2.24, 2.45) is 5.92 Å². The molecule has 1 unspecified atom stereocenters.